The topological polar surface area (TPSA) is 122 Å². The van der Waals surface area contributed by atoms with Gasteiger partial charge < -0.3 is 15.3 Å². The van der Waals surface area contributed by atoms with Gasteiger partial charge in [0.1, 0.15) is 11.6 Å². The Morgan fingerprint density at radius 1 is 1.07 bits per heavy atom. The van der Waals surface area contributed by atoms with Gasteiger partial charge in [0.2, 0.25) is 5.91 Å². The average molecular weight is 641 g/mol. The number of hydrogen-bond donors (Lipinski definition) is 2. The van der Waals surface area contributed by atoms with E-state index in [9.17, 15) is 46.2 Å². The Bertz CT molecular complexity index is 1580. The summed E-state index contributed by atoms with van der Waals surface area (Å²) in [7, 11) is 0. The maximum absolute atomic E-state index is 14.5. The Morgan fingerprint density at radius 3 is 2.27 bits per heavy atom. The van der Waals surface area contributed by atoms with Crippen LogP contribution in [0.2, 0.25) is 5.02 Å². The van der Waals surface area contributed by atoms with Gasteiger partial charge in [-0.3, -0.25) is 23.9 Å². The minimum atomic E-state index is -5.09. The fourth-order valence-corrected chi connectivity index (χ4v) is 5.57. The average Bonchev–Trinajstić information content (AvgIpc) is 3.37. The quantitative estimate of drug-likeness (QED) is 0.214. The Hall–Kier alpha value is -4.33. The maximum atomic E-state index is 14.5. The number of benzene rings is 2. The van der Waals surface area contributed by atoms with Crippen LogP contribution in [0.25, 0.3) is 0 Å². The molecule has 1 aliphatic rings. The number of aromatic nitrogens is 2. The Morgan fingerprint density at radius 2 is 1.70 bits per heavy atom. The number of alkyl halides is 3. The van der Waals surface area contributed by atoms with E-state index in [0.717, 1.165) is 12.1 Å². The lowest BCUT2D eigenvalue weighted by Gasteiger charge is -2.28. The molecule has 0 unspecified atom stereocenters. The lowest BCUT2D eigenvalue weighted by Crippen LogP contribution is -2.37. The molecule has 3 aromatic rings. The number of carbonyl (C=O) groups is 4. The van der Waals surface area contributed by atoms with Crippen LogP contribution in [0.3, 0.4) is 0 Å². The molecule has 15 heteroatoms. The van der Waals surface area contributed by atoms with Gasteiger partial charge in [-0.2, -0.15) is 18.3 Å². The van der Waals surface area contributed by atoms with E-state index in [0.29, 0.717) is 21.8 Å². The molecule has 1 saturated carbocycles. The maximum Gasteiger partial charge on any atom is 0.433 e. The van der Waals surface area contributed by atoms with Crippen LogP contribution in [0.15, 0.2) is 42.6 Å². The van der Waals surface area contributed by atoms with Crippen molar-refractivity contribution in [3.05, 3.63) is 81.6 Å². The summed E-state index contributed by atoms with van der Waals surface area (Å²) in [5.41, 5.74) is -2.71. The molecular formula is C29H26ClF5N4O5. The zero-order chi connectivity index (χ0) is 32.3. The number of carboxylic acid groups (broad SMARTS) is 1. The molecule has 1 aliphatic carbocycles. The number of nitrogens with zero attached hydrogens (tertiary/aromatic N) is 3. The molecule has 4 rings (SSSR count). The number of aliphatic carboxylic acids is 1. The van der Waals surface area contributed by atoms with Gasteiger partial charge in [0.15, 0.2) is 11.5 Å². The van der Waals surface area contributed by atoms with Crippen LogP contribution in [0, 0.1) is 17.6 Å². The van der Waals surface area contributed by atoms with E-state index in [2.05, 4.69) is 10.4 Å². The van der Waals surface area contributed by atoms with Crippen LogP contribution < -0.4 is 5.32 Å². The highest BCUT2D eigenvalue weighted by Gasteiger charge is 2.43. The molecule has 2 aromatic carbocycles. The fourth-order valence-electron chi connectivity index (χ4n) is 5.29. The van der Waals surface area contributed by atoms with E-state index < -0.39 is 77.7 Å². The molecule has 0 saturated heterocycles. The first kappa shape index (κ1) is 32.6. The van der Waals surface area contributed by atoms with Gasteiger partial charge in [-0.25, -0.2) is 8.78 Å². The largest absolute Gasteiger partial charge is 0.481 e. The number of hydrogen-bond acceptors (Lipinski definition) is 5. The summed E-state index contributed by atoms with van der Waals surface area (Å²) < 4.78 is 72.0. The second-order valence-corrected chi connectivity index (χ2v) is 10.8. The van der Waals surface area contributed by atoms with Gasteiger partial charge in [-0.15, -0.1) is 0 Å². The summed E-state index contributed by atoms with van der Waals surface area (Å²) in [4.78, 5) is 51.0. The van der Waals surface area contributed by atoms with Gasteiger partial charge in [0.05, 0.1) is 46.5 Å². The summed E-state index contributed by atoms with van der Waals surface area (Å²) in [6.07, 6.45) is -4.03. The molecule has 0 spiro atoms. The molecule has 0 aliphatic heterocycles. The molecule has 0 radical (unpaired) electrons. The summed E-state index contributed by atoms with van der Waals surface area (Å²) in [6.45, 7) is -0.390. The summed E-state index contributed by atoms with van der Waals surface area (Å²) in [6, 6.07) is 5.58. The molecule has 0 atom stereocenters. The standard InChI is InChI=1S/C29H26ClF5N4O5/c1-15(40)37-23-4-2-3-22(30)25(23)24(41)14-38(13-16-9-18(31)11-19(32)10-16)27(42)21-12-36-39(26(21)29(33,34)35)20-7-5-17(6-8-20)28(43)44/h2-4,9-12,17,20H,5-8,13-14H2,1H3,(H,37,40)(H,43,44). The third-order valence-electron chi connectivity index (χ3n) is 7.21. The molecule has 234 valence electrons. The highest BCUT2D eigenvalue weighted by atomic mass is 35.5. The summed E-state index contributed by atoms with van der Waals surface area (Å²) >= 11 is 6.22. The predicted molar refractivity (Wildman–Crippen MR) is 147 cm³/mol. The van der Waals surface area contributed by atoms with Gasteiger partial charge in [-0.1, -0.05) is 17.7 Å². The molecule has 0 bridgehead atoms. The number of carbonyl (C=O) groups excluding carboxylic acids is 3. The van der Waals surface area contributed by atoms with E-state index >= 15 is 0 Å². The third-order valence-corrected chi connectivity index (χ3v) is 7.52. The van der Waals surface area contributed by atoms with E-state index in [-0.39, 0.29) is 47.5 Å². The lowest BCUT2D eigenvalue weighted by molar-refractivity contribution is -0.147. The molecule has 1 heterocycles. The van der Waals surface area contributed by atoms with Crippen LogP contribution in [0.1, 0.15) is 70.6 Å². The Kier molecular flexibility index (Phi) is 9.72. The van der Waals surface area contributed by atoms with Gasteiger partial charge in [-0.05, 0) is 55.5 Å². The van der Waals surface area contributed by atoms with Crippen molar-refractivity contribution in [2.24, 2.45) is 5.92 Å². The molecular weight excluding hydrogens is 615 g/mol. The molecule has 1 fully saturated rings. The van der Waals surface area contributed by atoms with Crippen LogP contribution in [-0.2, 0) is 22.3 Å². The van der Waals surface area contributed by atoms with Crippen LogP contribution >= 0.6 is 11.6 Å². The number of amides is 2. The van der Waals surface area contributed by atoms with Crippen molar-refractivity contribution in [3.8, 4) is 0 Å². The molecule has 2 N–H and O–H groups in total. The smallest absolute Gasteiger partial charge is 0.433 e. The SMILES string of the molecule is CC(=O)Nc1cccc(Cl)c1C(=O)CN(Cc1cc(F)cc(F)c1)C(=O)c1cnn(C2CCC(C(=O)O)CC2)c1C(F)(F)F. The van der Waals surface area contributed by atoms with E-state index in [4.69, 9.17) is 11.6 Å². The fraction of sp³-hybridized carbons (Fsp3) is 0.345. The zero-order valence-electron chi connectivity index (χ0n) is 23.1. The number of nitrogens with one attached hydrogen (secondary N) is 1. The minimum Gasteiger partial charge on any atom is -0.481 e. The van der Waals surface area contributed by atoms with Crippen LogP contribution in [0.5, 0.6) is 0 Å². The Balaban J connectivity index is 1.74. The van der Waals surface area contributed by atoms with Gasteiger partial charge in [0, 0.05) is 19.5 Å². The number of anilines is 1. The van der Waals surface area contributed by atoms with E-state index in [1.54, 1.807) is 0 Å². The minimum absolute atomic E-state index is 0.0139. The monoisotopic (exact) mass is 640 g/mol. The van der Waals surface area contributed by atoms with Crippen molar-refractivity contribution in [2.45, 2.75) is 51.4 Å². The number of carboxylic acids is 1. The van der Waals surface area contributed by atoms with E-state index in [1.807, 2.05) is 0 Å². The van der Waals surface area contributed by atoms with Crippen molar-refractivity contribution in [1.29, 1.82) is 0 Å². The molecule has 9 nitrogen and oxygen atoms in total. The number of ketones is 1. The number of halogens is 6. The van der Waals surface area contributed by atoms with Gasteiger partial charge in [0.25, 0.3) is 5.91 Å². The Labute approximate surface area is 252 Å². The highest BCUT2D eigenvalue weighted by molar-refractivity contribution is 6.35. The second kappa shape index (κ2) is 13.1. The first-order chi connectivity index (χ1) is 20.6. The van der Waals surface area contributed by atoms with Crippen molar-refractivity contribution in [1.82, 2.24) is 14.7 Å². The summed E-state index contributed by atoms with van der Waals surface area (Å²) in [5, 5.41) is 15.4. The number of Topliss-reactive ketones (excluding diaryl/α,β-unsaturated/α-hetero) is 1. The predicted octanol–water partition coefficient (Wildman–Crippen LogP) is 6.13. The van der Waals surface area contributed by atoms with E-state index in [1.165, 1.54) is 25.1 Å². The number of rotatable bonds is 9. The lowest BCUT2D eigenvalue weighted by atomic mass is 9.86. The van der Waals surface area contributed by atoms with Crippen molar-refractivity contribution in [3.63, 3.8) is 0 Å². The molecule has 44 heavy (non-hydrogen) atoms. The third kappa shape index (κ3) is 7.41. The van der Waals surface area contributed by atoms with Crippen molar-refractivity contribution >= 4 is 40.9 Å². The van der Waals surface area contributed by atoms with Crippen molar-refractivity contribution in [2.75, 3.05) is 11.9 Å². The first-order valence-electron chi connectivity index (χ1n) is 13.4. The molecule has 2 amide bonds. The highest BCUT2D eigenvalue weighted by Crippen LogP contribution is 2.39. The van der Waals surface area contributed by atoms with Crippen LogP contribution in [0.4, 0.5) is 27.6 Å². The normalized spacial score (nSPS) is 16.8. The zero-order valence-corrected chi connectivity index (χ0v) is 23.9. The molecule has 1 aromatic heterocycles. The second-order valence-electron chi connectivity index (χ2n) is 10.4. The van der Waals surface area contributed by atoms with Crippen LogP contribution in [-0.4, -0.2) is 49.9 Å². The van der Waals surface area contributed by atoms with Gasteiger partial charge >= 0.3 is 12.1 Å². The van der Waals surface area contributed by atoms with Crippen molar-refractivity contribution < 1.29 is 46.2 Å². The summed E-state index contributed by atoms with van der Waals surface area (Å²) in [5.74, 6) is -6.53. The first-order valence-corrected chi connectivity index (χ1v) is 13.7.